The SMILES string of the molecule is CC(=O)CC(C)C.CC(C)CC1=NNC(C)(CC(C)C)C1. The van der Waals surface area contributed by atoms with Crippen LogP contribution in [0, 0.1) is 17.8 Å². The smallest absolute Gasteiger partial charge is 0.130 e. The van der Waals surface area contributed by atoms with Gasteiger partial charge < -0.3 is 10.2 Å². The molecule has 1 unspecified atom stereocenters. The molecule has 1 N–H and O–H groups in total. The van der Waals surface area contributed by atoms with Crippen molar-refractivity contribution >= 4 is 11.5 Å². The fourth-order valence-electron chi connectivity index (χ4n) is 2.93. The zero-order valence-corrected chi connectivity index (χ0v) is 15.4. The Morgan fingerprint density at radius 2 is 1.71 bits per heavy atom. The molecular weight excluding hydrogens is 260 g/mol. The first-order chi connectivity index (χ1) is 9.54. The van der Waals surface area contributed by atoms with Gasteiger partial charge in [0.05, 0.1) is 5.54 Å². The number of hydrazone groups is 1. The lowest BCUT2D eigenvalue weighted by Crippen LogP contribution is -2.36. The van der Waals surface area contributed by atoms with E-state index in [0.717, 1.165) is 31.1 Å². The second-order valence-corrected chi connectivity index (χ2v) is 8.02. The molecule has 0 aromatic heterocycles. The maximum Gasteiger partial charge on any atom is 0.130 e. The summed E-state index contributed by atoms with van der Waals surface area (Å²) in [5, 5.41) is 4.45. The van der Waals surface area contributed by atoms with Gasteiger partial charge in [-0.3, -0.25) is 0 Å². The minimum absolute atomic E-state index is 0.221. The molecule has 0 saturated carbocycles. The summed E-state index contributed by atoms with van der Waals surface area (Å²) in [5.74, 6) is 2.27. The van der Waals surface area contributed by atoms with Gasteiger partial charge in [-0.25, -0.2) is 0 Å². The van der Waals surface area contributed by atoms with E-state index in [9.17, 15) is 4.79 Å². The molecule has 1 atom stereocenters. The van der Waals surface area contributed by atoms with Crippen LogP contribution in [0.25, 0.3) is 0 Å². The first kappa shape index (κ1) is 20.1. The van der Waals surface area contributed by atoms with Gasteiger partial charge in [-0.2, -0.15) is 5.10 Å². The molecule has 1 aliphatic rings. The summed E-state index contributed by atoms with van der Waals surface area (Å²) in [5.41, 5.74) is 4.88. The van der Waals surface area contributed by atoms with E-state index in [0.29, 0.717) is 5.92 Å². The molecule has 21 heavy (non-hydrogen) atoms. The number of carbonyl (C=O) groups is 1. The molecule has 0 fully saturated rings. The fourth-order valence-corrected chi connectivity index (χ4v) is 2.93. The van der Waals surface area contributed by atoms with E-state index >= 15 is 0 Å². The Kier molecular flexibility index (Phi) is 8.84. The lowest BCUT2D eigenvalue weighted by molar-refractivity contribution is -0.117. The number of rotatable bonds is 6. The van der Waals surface area contributed by atoms with Gasteiger partial charge in [0.25, 0.3) is 0 Å². The van der Waals surface area contributed by atoms with E-state index in [1.165, 1.54) is 12.1 Å². The van der Waals surface area contributed by atoms with E-state index in [2.05, 4.69) is 45.1 Å². The average Bonchev–Trinajstić information content (AvgIpc) is 2.55. The predicted octanol–water partition coefficient (Wildman–Crippen LogP) is 4.81. The second-order valence-electron chi connectivity index (χ2n) is 8.02. The van der Waals surface area contributed by atoms with Crippen molar-refractivity contribution < 1.29 is 4.79 Å². The van der Waals surface area contributed by atoms with Crippen LogP contribution in [0.4, 0.5) is 0 Å². The monoisotopic (exact) mass is 296 g/mol. The molecule has 0 bridgehead atoms. The van der Waals surface area contributed by atoms with E-state index in [1.54, 1.807) is 6.92 Å². The Labute approximate surface area is 132 Å². The Morgan fingerprint density at radius 1 is 1.14 bits per heavy atom. The maximum atomic E-state index is 10.3. The lowest BCUT2D eigenvalue weighted by Gasteiger charge is -2.25. The minimum atomic E-state index is 0.221. The molecular formula is C18H36N2O. The van der Waals surface area contributed by atoms with E-state index in [1.807, 2.05) is 13.8 Å². The Balaban J connectivity index is 0.000000486. The summed E-state index contributed by atoms with van der Waals surface area (Å²) in [6, 6.07) is 0. The van der Waals surface area contributed by atoms with Crippen LogP contribution in [0.1, 0.15) is 81.1 Å². The molecule has 3 heteroatoms. The highest BCUT2D eigenvalue weighted by Crippen LogP contribution is 2.26. The maximum absolute atomic E-state index is 10.3. The molecule has 1 aliphatic heterocycles. The lowest BCUT2D eigenvalue weighted by atomic mass is 9.86. The van der Waals surface area contributed by atoms with E-state index < -0.39 is 0 Å². The minimum Gasteiger partial charge on any atom is -0.304 e. The number of Topliss-reactive ketones (excluding diaryl/α,β-unsaturated/α-hetero) is 1. The van der Waals surface area contributed by atoms with Crippen molar-refractivity contribution in [3.8, 4) is 0 Å². The van der Waals surface area contributed by atoms with Crippen molar-refractivity contribution in [3.63, 3.8) is 0 Å². The van der Waals surface area contributed by atoms with Gasteiger partial charge in [-0.05, 0) is 44.4 Å². The van der Waals surface area contributed by atoms with Gasteiger partial charge in [0, 0.05) is 18.6 Å². The zero-order valence-electron chi connectivity index (χ0n) is 15.4. The summed E-state index contributed by atoms with van der Waals surface area (Å²) >= 11 is 0. The third-order valence-electron chi connectivity index (χ3n) is 3.28. The van der Waals surface area contributed by atoms with Crippen LogP contribution in [0.2, 0.25) is 0 Å². The van der Waals surface area contributed by atoms with E-state index in [-0.39, 0.29) is 11.3 Å². The summed E-state index contributed by atoms with van der Waals surface area (Å²) in [4.78, 5) is 10.3. The highest BCUT2D eigenvalue weighted by atomic mass is 16.1. The van der Waals surface area contributed by atoms with E-state index in [4.69, 9.17) is 0 Å². The van der Waals surface area contributed by atoms with Gasteiger partial charge in [0.1, 0.15) is 5.78 Å². The van der Waals surface area contributed by atoms with Crippen molar-refractivity contribution in [2.45, 2.75) is 86.6 Å². The molecule has 0 aromatic carbocycles. The van der Waals surface area contributed by atoms with Gasteiger partial charge in [-0.15, -0.1) is 0 Å². The largest absolute Gasteiger partial charge is 0.304 e. The van der Waals surface area contributed by atoms with Gasteiger partial charge in [0.15, 0.2) is 0 Å². The molecule has 1 rings (SSSR count). The number of carbonyl (C=O) groups excluding carboxylic acids is 1. The topological polar surface area (TPSA) is 41.5 Å². The molecule has 0 saturated heterocycles. The third kappa shape index (κ3) is 10.5. The quantitative estimate of drug-likeness (QED) is 0.764. The normalized spacial score (nSPS) is 21.2. The highest BCUT2D eigenvalue weighted by Gasteiger charge is 2.31. The van der Waals surface area contributed by atoms with Crippen molar-refractivity contribution in [1.29, 1.82) is 0 Å². The van der Waals surface area contributed by atoms with Crippen molar-refractivity contribution in [1.82, 2.24) is 5.43 Å². The van der Waals surface area contributed by atoms with Gasteiger partial charge in [0.2, 0.25) is 0 Å². The van der Waals surface area contributed by atoms with Crippen LogP contribution in [0.15, 0.2) is 5.10 Å². The summed E-state index contributed by atoms with van der Waals surface area (Å²) in [7, 11) is 0. The number of hydrogen-bond donors (Lipinski definition) is 1. The first-order valence-electron chi connectivity index (χ1n) is 8.36. The zero-order chi connectivity index (χ0) is 16.6. The molecule has 0 aromatic rings. The molecule has 0 radical (unpaired) electrons. The van der Waals surface area contributed by atoms with Gasteiger partial charge >= 0.3 is 0 Å². The van der Waals surface area contributed by atoms with Gasteiger partial charge in [-0.1, -0.05) is 41.5 Å². The Morgan fingerprint density at radius 3 is 2.05 bits per heavy atom. The molecule has 1 heterocycles. The van der Waals surface area contributed by atoms with Crippen LogP contribution >= 0.6 is 0 Å². The number of ketones is 1. The molecule has 124 valence electrons. The Bertz CT molecular complexity index is 345. The molecule has 0 spiro atoms. The highest BCUT2D eigenvalue weighted by molar-refractivity contribution is 5.86. The van der Waals surface area contributed by atoms with Crippen LogP contribution < -0.4 is 5.43 Å². The van der Waals surface area contributed by atoms with Crippen LogP contribution in [0.3, 0.4) is 0 Å². The Hall–Kier alpha value is -0.860. The summed E-state index contributed by atoms with van der Waals surface area (Å²) in [6.45, 7) is 17.0. The summed E-state index contributed by atoms with van der Waals surface area (Å²) < 4.78 is 0. The van der Waals surface area contributed by atoms with Crippen LogP contribution in [0.5, 0.6) is 0 Å². The number of nitrogens with zero attached hydrogens (tertiary/aromatic N) is 1. The molecule has 3 nitrogen and oxygen atoms in total. The second kappa shape index (κ2) is 9.22. The molecule has 0 aliphatic carbocycles. The van der Waals surface area contributed by atoms with Crippen LogP contribution in [-0.2, 0) is 4.79 Å². The molecule has 0 amide bonds. The fraction of sp³-hybridized carbons (Fsp3) is 0.889. The van der Waals surface area contributed by atoms with Crippen molar-refractivity contribution in [3.05, 3.63) is 0 Å². The third-order valence-corrected chi connectivity index (χ3v) is 3.28. The number of nitrogens with one attached hydrogen (secondary N) is 1. The van der Waals surface area contributed by atoms with Crippen LogP contribution in [-0.4, -0.2) is 17.0 Å². The first-order valence-corrected chi connectivity index (χ1v) is 8.36. The standard InChI is InChI=1S/C12H24N2.C6H12O/c1-9(2)6-11-8-12(5,14-13-11)7-10(3)4;1-5(2)4-6(3)7/h9-10,14H,6-8H2,1-5H3;5H,4H2,1-3H3. The van der Waals surface area contributed by atoms with Crippen molar-refractivity contribution in [2.24, 2.45) is 22.9 Å². The average molecular weight is 296 g/mol. The summed E-state index contributed by atoms with van der Waals surface area (Å²) in [6.07, 6.45) is 4.20. The van der Waals surface area contributed by atoms with Crippen molar-refractivity contribution in [2.75, 3.05) is 0 Å². The predicted molar refractivity (Wildman–Crippen MR) is 92.6 cm³/mol. The number of hydrogen-bond acceptors (Lipinski definition) is 3.